The van der Waals surface area contributed by atoms with E-state index in [0.29, 0.717) is 31.0 Å². The third-order valence-corrected chi connectivity index (χ3v) is 4.25. The molecule has 0 radical (unpaired) electrons. The van der Waals surface area contributed by atoms with Gasteiger partial charge in [0.05, 0.1) is 14.2 Å². The zero-order valence-electron chi connectivity index (χ0n) is 15.8. The molecular weight excluding hydrogens is 328 g/mol. The van der Waals surface area contributed by atoms with E-state index in [1.807, 2.05) is 36.4 Å². The summed E-state index contributed by atoms with van der Waals surface area (Å²) in [5.74, 6) is 1.46. The van der Waals surface area contributed by atoms with Gasteiger partial charge in [0.15, 0.2) is 11.5 Å². The van der Waals surface area contributed by atoms with Gasteiger partial charge in [-0.25, -0.2) is 0 Å². The molecule has 0 fully saturated rings. The number of carbonyl (C=O) groups is 1. The number of ether oxygens (including phenoxy) is 2. The highest BCUT2D eigenvalue weighted by atomic mass is 16.5. The van der Waals surface area contributed by atoms with Crippen LogP contribution < -0.4 is 20.1 Å². The van der Waals surface area contributed by atoms with Crippen molar-refractivity contribution in [2.75, 3.05) is 32.6 Å². The molecule has 0 aliphatic rings. The first-order chi connectivity index (χ1) is 12.7. The fraction of sp³-hybridized carbons (Fsp3) is 0.381. The van der Waals surface area contributed by atoms with E-state index in [2.05, 4.69) is 23.6 Å². The fourth-order valence-corrected chi connectivity index (χ4v) is 2.78. The summed E-state index contributed by atoms with van der Waals surface area (Å²) in [6.07, 6.45) is 2.17. The summed E-state index contributed by atoms with van der Waals surface area (Å²) in [6, 6.07) is 14.0. The number of methoxy groups -OCH3 is 2. The average molecular weight is 356 g/mol. The molecular formula is C21H28N2O3. The number of aryl methyl sites for hydroxylation is 1. The maximum absolute atomic E-state index is 12.0. The third kappa shape index (κ3) is 5.69. The first-order valence-corrected chi connectivity index (χ1v) is 8.97. The molecule has 0 aromatic heterocycles. The predicted molar refractivity (Wildman–Crippen MR) is 105 cm³/mol. The molecule has 0 saturated carbocycles. The summed E-state index contributed by atoms with van der Waals surface area (Å²) < 4.78 is 10.5. The molecule has 5 heteroatoms. The first kappa shape index (κ1) is 19.6. The number of anilines is 1. The van der Waals surface area contributed by atoms with Gasteiger partial charge in [0.25, 0.3) is 0 Å². The van der Waals surface area contributed by atoms with Crippen molar-refractivity contribution in [3.63, 3.8) is 0 Å². The van der Waals surface area contributed by atoms with Gasteiger partial charge in [0, 0.05) is 25.2 Å². The number of benzene rings is 2. The van der Waals surface area contributed by atoms with Crippen molar-refractivity contribution in [2.45, 2.75) is 26.2 Å². The first-order valence-electron chi connectivity index (χ1n) is 8.97. The van der Waals surface area contributed by atoms with Gasteiger partial charge >= 0.3 is 0 Å². The van der Waals surface area contributed by atoms with E-state index < -0.39 is 0 Å². The van der Waals surface area contributed by atoms with E-state index in [0.717, 1.165) is 24.1 Å². The van der Waals surface area contributed by atoms with Crippen molar-refractivity contribution in [1.82, 2.24) is 5.32 Å². The molecule has 5 nitrogen and oxygen atoms in total. The van der Waals surface area contributed by atoms with Gasteiger partial charge in [0.2, 0.25) is 5.91 Å². The Kier molecular flexibility index (Phi) is 7.80. The second-order valence-electron chi connectivity index (χ2n) is 5.98. The molecule has 0 aliphatic carbocycles. The SMILES string of the molecule is CCc1ccccc1NCCC(=O)NCCc1ccc(OC)c(OC)c1. The van der Waals surface area contributed by atoms with Crippen molar-refractivity contribution in [3.8, 4) is 11.5 Å². The minimum atomic E-state index is 0.0481. The Bertz CT molecular complexity index is 716. The van der Waals surface area contributed by atoms with Gasteiger partial charge in [-0.05, 0) is 42.2 Å². The minimum Gasteiger partial charge on any atom is -0.493 e. The molecule has 2 aromatic carbocycles. The zero-order chi connectivity index (χ0) is 18.8. The Labute approximate surface area is 155 Å². The number of amides is 1. The van der Waals surface area contributed by atoms with Crippen LogP contribution in [0.1, 0.15) is 24.5 Å². The molecule has 2 aromatic rings. The largest absolute Gasteiger partial charge is 0.493 e. The standard InChI is InChI=1S/C21H28N2O3/c1-4-17-7-5-6-8-18(17)22-14-12-21(24)23-13-11-16-9-10-19(25-2)20(15-16)26-3/h5-10,15,22H,4,11-14H2,1-3H3,(H,23,24). The lowest BCUT2D eigenvalue weighted by atomic mass is 10.1. The summed E-state index contributed by atoms with van der Waals surface area (Å²) >= 11 is 0. The van der Waals surface area contributed by atoms with Gasteiger partial charge < -0.3 is 20.1 Å². The molecule has 0 atom stereocenters. The maximum Gasteiger partial charge on any atom is 0.221 e. The smallest absolute Gasteiger partial charge is 0.221 e. The maximum atomic E-state index is 12.0. The summed E-state index contributed by atoms with van der Waals surface area (Å²) in [4.78, 5) is 12.0. The molecule has 0 spiro atoms. The summed E-state index contributed by atoms with van der Waals surface area (Å²) in [7, 11) is 3.23. The van der Waals surface area contributed by atoms with Crippen LogP contribution in [-0.4, -0.2) is 33.2 Å². The predicted octanol–water partition coefficient (Wildman–Crippen LogP) is 3.43. The Morgan fingerprint density at radius 1 is 1.00 bits per heavy atom. The van der Waals surface area contributed by atoms with Crippen LogP contribution in [0.3, 0.4) is 0 Å². The Balaban J connectivity index is 1.72. The topological polar surface area (TPSA) is 59.6 Å². The van der Waals surface area contributed by atoms with Gasteiger partial charge in [-0.15, -0.1) is 0 Å². The second kappa shape index (κ2) is 10.3. The highest BCUT2D eigenvalue weighted by molar-refractivity contribution is 5.76. The summed E-state index contributed by atoms with van der Waals surface area (Å²) in [6.45, 7) is 3.35. The highest BCUT2D eigenvalue weighted by Gasteiger charge is 2.06. The van der Waals surface area contributed by atoms with Crippen molar-refractivity contribution < 1.29 is 14.3 Å². The Hall–Kier alpha value is -2.69. The number of hydrogen-bond acceptors (Lipinski definition) is 4. The van der Waals surface area contributed by atoms with Crippen molar-refractivity contribution in [2.24, 2.45) is 0 Å². The molecule has 2 N–H and O–H groups in total. The Morgan fingerprint density at radius 3 is 2.50 bits per heavy atom. The van der Waals surface area contributed by atoms with Crippen LogP contribution in [-0.2, 0) is 17.6 Å². The molecule has 26 heavy (non-hydrogen) atoms. The molecule has 0 saturated heterocycles. The van der Waals surface area contributed by atoms with Crippen LogP contribution in [0, 0.1) is 0 Å². The number of rotatable bonds is 10. The number of para-hydroxylation sites is 1. The van der Waals surface area contributed by atoms with Crippen LogP contribution in [0.2, 0.25) is 0 Å². The van der Waals surface area contributed by atoms with Crippen molar-refractivity contribution in [3.05, 3.63) is 53.6 Å². The van der Waals surface area contributed by atoms with Crippen LogP contribution >= 0.6 is 0 Å². The van der Waals surface area contributed by atoms with Crippen molar-refractivity contribution >= 4 is 11.6 Å². The quantitative estimate of drug-likeness (QED) is 0.685. The highest BCUT2D eigenvalue weighted by Crippen LogP contribution is 2.27. The van der Waals surface area contributed by atoms with E-state index in [-0.39, 0.29) is 5.91 Å². The minimum absolute atomic E-state index is 0.0481. The molecule has 1 amide bonds. The molecule has 140 valence electrons. The van der Waals surface area contributed by atoms with E-state index in [4.69, 9.17) is 9.47 Å². The molecule has 2 rings (SSSR count). The van der Waals surface area contributed by atoms with Crippen LogP contribution in [0.15, 0.2) is 42.5 Å². The molecule has 0 heterocycles. The van der Waals surface area contributed by atoms with E-state index in [1.54, 1.807) is 14.2 Å². The lowest BCUT2D eigenvalue weighted by molar-refractivity contribution is -0.120. The second-order valence-corrected chi connectivity index (χ2v) is 5.98. The monoisotopic (exact) mass is 356 g/mol. The van der Waals surface area contributed by atoms with E-state index >= 15 is 0 Å². The number of hydrogen-bond donors (Lipinski definition) is 2. The van der Waals surface area contributed by atoms with E-state index in [1.165, 1.54) is 5.56 Å². The lowest BCUT2D eigenvalue weighted by Gasteiger charge is -2.11. The van der Waals surface area contributed by atoms with Crippen LogP contribution in [0.5, 0.6) is 11.5 Å². The van der Waals surface area contributed by atoms with Crippen molar-refractivity contribution in [1.29, 1.82) is 0 Å². The van der Waals surface area contributed by atoms with E-state index in [9.17, 15) is 4.79 Å². The van der Waals surface area contributed by atoms with Gasteiger partial charge in [0.1, 0.15) is 0 Å². The van der Waals surface area contributed by atoms with Crippen LogP contribution in [0.25, 0.3) is 0 Å². The zero-order valence-corrected chi connectivity index (χ0v) is 15.8. The molecule has 0 aliphatic heterocycles. The summed E-state index contributed by atoms with van der Waals surface area (Å²) in [5.41, 5.74) is 3.47. The lowest BCUT2D eigenvalue weighted by Crippen LogP contribution is -2.27. The molecule has 0 bridgehead atoms. The number of carbonyl (C=O) groups excluding carboxylic acids is 1. The Morgan fingerprint density at radius 2 is 1.77 bits per heavy atom. The van der Waals surface area contributed by atoms with Crippen LogP contribution in [0.4, 0.5) is 5.69 Å². The van der Waals surface area contributed by atoms with Gasteiger partial charge in [-0.1, -0.05) is 31.2 Å². The number of nitrogens with one attached hydrogen (secondary N) is 2. The fourth-order valence-electron chi connectivity index (χ4n) is 2.78. The molecule has 0 unspecified atom stereocenters. The summed E-state index contributed by atoms with van der Waals surface area (Å²) in [5, 5.41) is 6.30. The van der Waals surface area contributed by atoms with Gasteiger partial charge in [-0.3, -0.25) is 4.79 Å². The van der Waals surface area contributed by atoms with Gasteiger partial charge in [-0.2, -0.15) is 0 Å². The third-order valence-electron chi connectivity index (χ3n) is 4.25. The normalized spacial score (nSPS) is 10.3. The average Bonchev–Trinajstić information content (AvgIpc) is 2.68.